The number of phosphoric acid groups is 1. The number of rotatable bonds is 7. The van der Waals surface area contributed by atoms with Crippen molar-refractivity contribution in [1.29, 1.82) is 0 Å². The molecule has 17 heavy (non-hydrogen) atoms. The lowest BCUT2D eigenvalue weighted by molar-refractivity contribution is -0.888. The van der Waals surface area contributed by atoms with Gasteiger partial charge >= 0.3 is 7.82 Å². The zero-order chi connectivity index (χ0) is 13.9. The van der Waals surface area contributed by atoms with Crippen LogP contribution in [0.4, 0.5) is 0 Å². The Balaban J connectivity index is 0. The molecule has 0 fully saturated rings. The van der Waals surface area contributed by atoms with Crippen LogP contribution in [0.1, 0.15) is 46.0 Å². The minimum atomic E-state index is -4.64. The van der Waals surface area contributed by atoms with E-state index in [0.717, 1.165) is 0 Å². The second kappa shape index (κ2) is 10.0. The van der Waals surface area contributed by atoms with E-state index in [0.29, 0.717) is 0 Å². The van der Waals surface area contributed by atoms with Crippen LogP contribution in [0.3, 0.4) is 0 Å². The summed E-state index contributed by atoms with van der Waals surface area (Å²) in [5.74, 6) is 0. The number of hydrogen-bond acceptors (Lipinski definition) is 1. The third kappa shape index (κ3) is 26.0. The van der Waals surface area contributed by atoms with E-state index in [4.69, 9.17) is 19.2 Å². The predicted molar refractivity (Wildman–Crippen MR) is 70.5 cm³/mol. The summed E-state index contributed by atoms with van der Waals surface area (Å²) in [6.45, 7) is 7.14. The summed E-state index contributed by atoms with van der Waals surface area (Å²) in [5.41, 5.74) is 0. The van der Waals surface area contributed by atoms with Crippen molar-refractivity contribution in [2.75, 3.05) is 27.2 Å². The van der Waals surface area contributed by atoms with Crippen LogP contribution >= 0.6 is 7.82 Å². The molecule has 0 aromatic carbocycles. The molecular formula is C11H29NO4P+. The predicted octanol–water partition coefficient (Wildman–Crippen LogP) is 2.12. The largest absolute Gasteiger partial charge is 0.466 e. The van der Waals surface area contributed by atoms with E-state index >= 15 is 0 Å². The monoisotopic (exact) mass is 270 g/mol. The first kappa shape index (κ1) is 19.4. The van der Waals surface area contributed by atoms with Crippen LogP contribution in [-0.4, -0.2) is 46.3 Å². The molecule has 0 saturated carbocycles. The summed E-state index contributed by atoms with van der Waals surface area (Å²) >= 11 is 0. The molecule has 6 heteroatoms. The molecule has 0 saturated heterocycles. The molecule has 0 bridgehead atoms. The molecule has 0 amide bonds. The van der Waals surface area contributed by atoms with Crippen molar-refractivity contribution in [2.24, 2.45) is 0 Å². The molecule has 3 N–H and O–H groups in total. The SMILES string of the molecule is CCCCCCC[N+](C)(C)CC.O=P(O)(O)O. The van der Waals surface area contributed by atoms with E-state index in [1.54, 1.807) is 0 Å². The van der Waals surface area contributed by atoms with Crippen LogP contribution in [0.5, 0.6) is 0 Å². The van der Waals surface area contributed by atoms with E-state index in [1.165, 1.54) is 49.7 Å². The van der Waals surface area contributed by atoms with E-state index in [-0.39, 0.29) is 0 Å². The highest BCUT2D eigenvalue weighted by Crippen LogP contribution is 2.25. The molecule has 0 aliphatic rings. The summed E-state index contributed by atoms with van der Waals surface area (Å²) in [4.78, 5) is 21.6. The van der Waals surface area contributed by atoms with Gasteiger partial charge in [-0.3, -0.25) is 0 Å². The fourth-order valence-corrected chi connectivity index (χ4v) is 1.30. The Hall–Kier alpha value is 0.0700. The Bertz CT molecular complexity index is 207. The first-order valence-electron chi connectivity index (χ1n) is 6.22. The molecule has 0 aromatic heterocycles. The second-order valence-corrected chi connectivity index (χ2v) is 5.93. The van der Waals surface area contributed by atoms with Crippen LogP contribution in [0.25, 0.3) is 0 Å². The van der Waals surface area contributed by atoms with Gasteiger partial charge in [-0.1, -0.05) is 26.2 Å². The third-order valence-corrected chi connectivity index (χ3v) is 2.72. The lowest BCUT2D eigenvalue weighted by Gasteiger charge is -2.28. The zero-order valence-corrected chi connectivity index (χ0v) is 12.5. The average Bonchev–Trinajstić information content (AvgIpc) is 2.15. The quantitative estimate of drug-likeness (QED) is 0.376. The molecule has 106 valence electrons. The number of quaternary nitrogens is 1. The van der Waals surface area contributed by atoms with Gasteiger partial charge in [0.05, 0.1) is 27.2 Å². The molecule has 0 rings (SSSR count). The van der Waals surface area contributed by atoms with E-state index in [2.05, 4.69) is 27.9 Å². The van der Waals surface area contributed by atoms with Gasteiger partial charge in [-0.05, 0) is 19.8 Å². The van der Waals surface area contributed by atoms with Gasteiger partial charge in [-0.25, -0.2) is 4.57 Å². The summed E-state index contributed by atoms with van der Waals surface area (Å²) in [5, 5.41) is 0. The fourth-order valence-electron chi connectivity index (χ4n) is 1.30. The van der Waals surface area contributed by atoms with Gasteiger partial charge in [-0.15, -0.1) is 0 Å². The number of nitrogens with zero attached hydrogens (tertiary/aromatic N) is 1. The maximum absolute atomic E-state index is 8.88. The van der Waals surface area contributed by atoms with Crippen molar-refractivity contribution in [3.05, 3.63) is 0 Å². The lowest BCUT2D eigenvalue weighted by Crippen LogP contribution is -2.39. The van der Waals surface area contributed by atoms with E-state index in [1.807, 2.05) is 0 Å². The van der Waals surface area contributed by atoms with Gasteiger partial charge in [0.25, 0.3) is 0 Å². The molecule has 0 aliphatic heterocycles. The highest BCUT2D eigenvalue weighted by Gasteiger charge is 2.09. The van der Waals surface area contributed by atoms with Crippen molar-refractivity contribution in [1.82, 2.24) is 0 Å². The van der Waals surface area contributed by atoms with Gasteiger partial charge in [-0.2, -0.15) is 0 Å². The third-order valence-electron chi connectivity index (χ3n) is 2.72. The van der Waals surface area contributed by atoms with E-state index < -0.39 is 7.82 Å². The maximum Gasteiger partial charge on any atom is 0.466 e. The van der Waals surface area contributed by atoms with E-state index in [9.17, 15) is 0 Å². The van der Waals surface area contributed by atoms with Crippen molar-refractivity contribution in [3.63, 3.8) is 0 Å². The molecule has 0 spiro atoms. The second-order valence-electron chi connectivity index (χ2n) is 4.90. The van der Waals surface area contributed by atoms with Crippen molar-refractivity contribution >= 4 is 7.82 Å². The first-order chi connectivity index (χ1) is 7.62. The Morgan fingerprint density at radius 2 is 1.35 bits per heavy atom. The highest BCUT2D eigenvalue weighted by atomic mass is 31.2. The molecule has 0 aromatic rings. The summed E-state index contributed by atoms with van der Waals surface area (Å²) in [6.07, 6.45) is 7.03. The minimum absolute atomic E-state index is 1.19. The molecule has 0 aliphatic carbocycles. The van der Waals surface area contributed by atoms with Crippen LogP contribution in [-0.2, 0) is 4.57 Å². The fraction of sp³-hybridized carbons (Fsp3) is 1.00. The number of unbranched alkanes of at least 4 members (excludes halogenated alkanes) is 4. The van der Waals surface area contributed by atoms with Gasteiger partial charge < -0.3 is 19.2 Å². The summed E-state index contributed by atoms with van der Waals surface area (Å²) in [7, 11) is -0.000356. The topological polar surface area (TPSA) is 77.8 Å². The van der Waals surface area contributed by atoms with Crippen molar-refractivity contribution in [2.45, 2.75) is 46.0 Å². The molecule has 0 heterocycles. The Labute approximate surface area is 105 Å². The maximum atomic E-state index is 8.88. The van der Waals surface area contributed by atoms with Crippen LogP contribution in [0.2, 0.25) is 0 Å². The summed E-state index contributed by atoms with van der Waals surface area (Å²) in [6, 6.07) is 0. The van der Waals surface area contributed by atoms with Crippen molar-refractivity contribution in [3.8, 4) is 0 Å². The Morgan fingerprint density at radius 3 is 1.71 bits per heavy atom. The van der Waals surface area contributed by atoms with Crippen LogP contribution in [0, 0.1) is 0 Å². The van der Waals surface area contributed by atoms with Crippen LogP contribution in [0.15, 0.2) is 0 Å². The molecule has 0 atom stereocenters. The Morgan fingerprint density at radius 1 is 0.941 bits per heavy atom. The smallest absolute Gasteiger partial charge is 0.329 e. The standard InChI is InChI=1S/C11H26N.H3O4P/c1-5-7-8-9-10-11-12(3,4)6-2;1-5(2,3)4/h5-11H2,1-4H3;(H3,1,2,3,4)/q+1;. The van der Waals surface area contributed by atoms with Gasteiger partial charge in [0, 0.05) is 0 Å². The molecule has 0 radical (unpaired) electrons. The van der Waals surface area contributed by atoms with Gasteiger partial charge in [0.1, 0.15) is 0 Å². The molecule has 5 nitrogen and oxygen atoms in total. The minimum Gasteiger partial charge on any atom is -0.329 e. The average molecular weight is 270 g/mol. The molecular weight excluding hydrogens is 241 g/mol. The Kier molecular flexibility index (Phi) is 11.5. The zero-order valence-electron chi connectivity index (χ0n) is 11.6. The van der Waals surface area contributed by atoms with Gasteiger partial charge in [0.15, 0.2) is 0 Å². The first-order valence-corrected chi connectivity index (χ1v) is 7.79. The normalized spacial score (nSPS) is 11.9. The lowest BCUT2D eigenvalue weighted by atomic mass is 10.1. The van der Waals surface area contributed by atoms with Crippen molar-refractivity contribution < 1.29 is 23.7 Å². The highest BCUT2D eigenvalue weighted by molar-refractivity contribution is 7.45. The van der Waals surface area contributed by atoms with Crippen LogP contribution < -0.4 is 0 Å². The molecule has 0 unspecified atom stereocenters. The van der Waals surface area contributed by atoms with Gasteiger partial charge in [0.2, 0.25) is 0 Å². The summed E-state index contributed by atoms with van der Waals surface area (Å²) < 4.78 is 10.1. The number of hydrogen-bond donors (Lipinski definition) is 3.